The van der Waals surface area contributed by atoms with Gasteiger partial charge in [-0.3, -0.25) is 4.55 Å². The van der Waals surface area contributed by atoms with E-state index in [4.69, 9.17) is 9.29 Å². The summed E-state index contributed by atoms with van der Waals surface area (Å²) in [5.74, 6) is 0.395. The highest BCUT2D eigenvalue weighted by Crippen LogP contribution is 2.37. The van der Waals surface area contributed by atoms with Crippen LogP contribution < -0.4 is 8.92 Å². The largest absolute Gasteiger partial charge is 0.508 e. The number of hydrogen-bond donors (Lipinski definition) is 3. The molecule has 0 bridgehead atoms. The van der Waals surface area contributed by atoms with E-state index in [0.29, 0.717) is 17.7 Å². The van der Waals surface area contributed by atoms with E-state index in [9.17, 15) is 18.6 Å². The van der Waals surface area contributed by atoms with Crippen LogP contribution in [0, 0.1) is 0 Å². The maximum atomic E-state index is 10.8. The molecule has 2 unspecified atom stereocenters. The highest BCUT2D eigenvalue weighted by Gasteiger charge is 2.30. The van der Waals surface area contributed by atoms with Gasteiger partial charge in [-0.1, -0.05) is 18.2 Å². The molecule has 1 heterocycles. The molecule has 3 rings (SSSR count). The van der Waals surface area contributed by atoms with E-state index < -0.39 is 22.6 Å². The van der Waals surface area contributed by atoms with Gasteiger partial charge in [0.1, 0.15) is 23.4 Å². The highest BCUT2D eigenvalue weighted by atomic mass is 32.3. The van der Waals surface area contributed by atoms with Gasteiger partial charge in [0.25, 0.3) is 0 Å². The maximum absolute atomic E-state index is 10.8. The number of hydrogen-bond acceptors (Lipinski definition) is 6. The van der Waals surface area contributed by atoms with Gasteiger partial charge in [0, 0.05) is 12.5 Å². The first kappa shape index (κ1) is 15.6. The van der Waals surface area contributed by atoms with Crippen molar-refractivity contribution in [2.45, 2.75) is 18.6 Å². The summed E-state index contributed by atoms with van der Waals surface area (Å²) in [7, 11) is -4.63. The summed E-state index contributed by atoms with van der Waals surface area (Å²) in [5, 5.41) is 19.8. The summed E-state index contributed by atoms with van der Waals surface area (Å²) < 4.78 is 40.4. The number of phenolic OH excluding ortho intramolecular Hbond substituents is 1. The second-order valence-corrected chi connectivity index (χ2v) is 6.21. The van der Waals surface area contributed by atoms with Crippen LogP contribution in [0.3, 0.4) is 0 Å². The molecule has 0 amide bonds. The van der Waals surface area contributed by atoms with E-state index in [0.717, 1.165) is 5.56 Å². The van der Waals surface area contributed by atoms with Gasteiger partial charge in [-0.05, 0) is 29.3 Å². The van der Waals surface area contributed by atoms with E-state index >= 15 is 0 Å². The molecule has 0 aliphatic carbocycles. The van der Waals surface area contributed by atoms with Crippen molar-refractivity contribution in [2.24, 2.45) is 0 Å². The number of rotatable bonds is 3. The zero-order valence-corrected chi connectivity index (χ0v) is 12.6. The summed E-state index contributed by atoms with van der Waals surface area (Å²) in [5.41, 5.74) is 1.24. The topological polar surface area (TPSA) is 113 Å². The number of phenols is 1. The Kier molecular flexibility index (Phi) is 3.88. The fourth-order valence-electron chi connectivity index (χ4n) is 2.52. The summed E-state index contributed by atoms with van der Waals surface area (Å²) in [6, 6.07) is 10.5. The van der Waals surface area contributed by atoms with Crippen molar-refractivity contribution in [1.29, 1.82) is 0 Å². The minimum Gasteiger partial charge on any atom is -0.508 e. The maximum Gasteiger partial charge on any atom is 0.446 e. The number of aliphatic hydroxyl groups is 1. The molecule has 2 aromatic rings. The van der Waals surface area contributed by atoms with Crippen LogP contribution in [0.4, 0.5) is 0 Å². The van der Waals surface area contributed by atoms with Gasteiger partial charge < -0.3 is 19.1 Å². The van der Waals surface area contributed by atoms with Crippen LogP contribution in [0.25, 0.3) is 0 Å². The Hall–Kier alpha value is -2.29. The molecule has 122 valence electrons. The lowest BCUT2D eigenvalue weighted by Gasteiger charge is -2.31. The lowest BCUT2D eigenvalue weighted by atomic mass is 9.94. The third-order valence-corrected chi connectivity index (χ3v) is 3.87. The standard InChI is InChI=1S/C15H14O7S/c16-11-5-4-9-7-13(17)15(21-14(9)8-11)10-2-1-3-12(6-10)22-23(18,19)20/h1-6,8,13,15-17H,7H2,(H,18,19,20). The van der Waals surface area contributed by atoms with Gasteiger partial charge in [0.15, 0.2) is 0 Å². The van der Waals surface area contributed by atoms with Crippen molar-refractivity contribution < 1.29 is 32.1 Å². The molecular weight excluding hydrogens is 324 g/mol. The minimum atomic E-state index is -4.63. The first-order chi connectivity index (χ1) is 10.8. The number of fused-ring (bicyclic) bond motifs is 1. The van der Waals surface area contributed by atoms with Gasteiger partial charge in [0.2, 0.25) is 0 Å². The SMILES string of the molecule is O=S(=O)(O)Oc1cccc(C2Oc3cc(O)ccc3CC2O)c1. The van der Waals surface area contributed by atoms with E-state index in [1.54, 1.807) is 12.1 Å². The average Bonchev–Trinajstić information content (AvgIpc) is 2.45. The number of aromatic hydroxyl groups is 1. The Bertz CT molecular complexity index is 831. The molecule has 3 N–H and O–H groups in total. The average molecular weight is 338 g/mol. The van der Waals surface area contributed by atoms with Gasteiger partial charge in [-0.15, -0.1) is 0 Å². The third-order valence-electron chi connectivity index (χ3n) is 3.47. The van der Waals surface area contributed by atoms with Gasteiger partial charge in [-0.25, -0.2) is 0 Å². The van der Waals surface area contributed by atoms with Crippen molar-refractivity contribution >= 4 is 10.4 Å². The molecule has 2 atom stereocenters. The molecule has 23 heavy (non-hydrogen) atoms. The zero-order chi connectivity index (χ0) is 16.6. The molecule has 0 fully saturated rings. The first-order valence-electron chi connectivity index (χ1n) is 6.75. The molecule has 0 saturated carbocycles. The van der Waals surface area contributed by atoms with Crippen LogP contribution in [0.1, 0.15) is 17.2 Å². The molecule has 1 aliphatic heterocycles. The fraction of sp³-hybridized carbons (Fsp3) is 0.200. The van der Waals surface area contributed by atoms with Crippen molar-refractivity contribution in [3.05, 3.63) is 53.6 Å². The van der Waals surface area contributed by atoms with Crippen LogP contribution in [0.2, 0.25) is 0 Å². The highest BCUT2D eigenvalue weighted by molar-refractivity contribution is 7.81. The third kappa shape index (κ3) is 3.55. The van der Waals surface area contributed by atoms with E-state index in [1.165, 1.54) is 30.3 Å². The first-order valence-corrected chi connectivity index (χ1v) is 8.12. The minimum absolute atomic E-state index is 0.0438. The molecule has 7 nitrogen and oxygen atoms in total. The Morgan fingerprint density at radius 1 is 1.17 bits per heavy atom. The van der Waals surface area contributed by atoms with Gasteiger partial charge in [0.05, 0.1) is 6.10 Å². The van der Waals surface area contributed by atoms with E-state index in [-0.39, 0.29) is 11.5 Å². The second-order valence-electron chi connectivity index (χ2n) is 5.19. The summed E-state index contributed by atoms with van der Waals surface area (Å²) >= 11 is 0. The summed E-state index contributed by atoms with van der Waals surface area (Å²) in [6.45, 7) is 0. The normalized spacial score (nSPS) is 20.4. The molecule has 0 saturated heterocycles. The monoisotopic (exact) mass is 338 g/mol. The Balaban J connectivity index is 1.91. The van der Waals surface area contributed by atoms with Crippen LogP contribution in [0.15, 0.2) is 42.5 Å². The van der Waals surface area contributed by atoms with Gasteiger partial charge >= 0.3 is 10.4 Å². The predicted octanol–water partition coefficient (Wildman–Crippen LogP) is 1.61. The Morgan fingerprint density at radius 2 is 1.96 bits per heavy atom. The van der Waals surface area contributed by atoms with Crippen LogP contribution in [-0.4, -0.2) is 29.3 Å². The summed E-state index contributed by atoms with van der Waals surface area (Å²) in [4.78, 5) is 0. The number of benzene rings is 2. The number of ether oxygens (including phenoxy) is 1. The lowest BCUT2D eigenvalue weighted by molar-refractivity contribution is 0.0206. The number of aliphatic hydroxyl groups excluding tert-OH is 1. The second kappa shape index (κ2) is 5.73. The molecule has 2 aromatic carbocycles. The van der Waals surface area contributed by atoms with E-state index in [1.807, 2.05) is 0 Å². The predicted molar refractivity (Wildman–Crippen MR) is 79.8 cm³/mol. The van der Waals surface area contributed by atoms with Gasteiger partial charge in [-0.2, -0.15) is 8.42 Å². The lowest BCUT2D eigenvalue weighted by Crippen LogP contribution is -2.30. The Morgan fingerprint density at radius 3 is 2.70 bits per heavy atom. The van der Waals surface area contributed by atoms with Crippen molar-refractivity contribution in [3.8, 4) is 17.2 Å². The quantitative estimate of drug-likeness (QED) is 0.729. The van der Waals surface area contributed by atoms with E-state index in [2.05, 4.69) is 4.18 Å². The molecular formula is C15H14O7S. The zero-order valence-electron chi connectivity index (χ0n) is 11.8. The smallest absolute Gasteiger partial charge is 0.446 e. The van der Waals surface area contributed by atoms with Crippen LogP contribution in [-0.2, 0) is 16.8 Å². The molecule has 1 aliphatic rings. The van der Waals surface area contributed by atoms with Crippen molar-refractivity contribution in [3.63, 3.8) is 0 Å². The fourth-order valence-corrected chi connectivity index (χ4v) is 2.87. The van der Waals surface area contributed by atoms with Crippen molar-refractivity contribution in [2.75, 3.05) is 0 Å². The molecule has 8 heteroatoms. The van der Waals surface area contributed by atoms with Crippen molar-refractivity contribution in [1.82, 2.24) is 0 Å². The van der Waals surface area contributed by atoms with Crippen LogP contribution >= 0.6 is 0 Å². The Labute approximate surface area is 132 Å². The molecule has 0 spiro atoms. The molecule has 0 radical (unpaired) electrons. The summed E-state index contributed by atoms with van der Waals surface area (Å²) in [6.07, 6.45) is -1.29. The molecule has 0 aromatic heterocycles. The van der Waals surface area contributed by atoms with Crippen LogP contribution in [0.5, 0.6) is 17.2 Å².